The van der Waals surface area contributed by atoms with E-state index in [9.17, 15) is 13.2 Å². The van der Waals surface area contributed by atoms with Crippen molar-refractivity contribution in [1.82, 2.24) is 4.72 Å². The molecule has 1 unspecified atom stereocenters. The lowest BCUT2D eigenvalue weighted by Gasteiger charge is -2.12. The van der Waals surface area contributed by atoms with Crippen LogP contribution in [0.25, 0.3) is 0 Å². The van der Waals surface area contributed by atoms with Crippen LogP contribution in [0.1, 0.15) is 23.2 Å². The molecule has 1 aliphatic carbocycles. The van der Waals surface area contributed by atoms with Crippen LogP contribution in [0.3, 0.4) is 0 Å². The summed E-state index contributed by atoms with van der Waals surface area (Å²) >= 11 is 0. The lowest BCUT2D eigenvalue weighted by atomic mass is 10.2. The summed E-state index contributed by atoms with van der Waals surface area (Å²) in [5, 5.41) is 0. The van der Waals surface area contributed by atoms with Gasteiger partial charge in [-0.05, 0) is 43.0 Å². The predicted molar refractivity (Wildman–Crippen MR) is 78.1 cm³/mol. The number of carbonyl (C=O) groups excluding carboxylic acids is 1. The zero-order chi connectivity index (χ0) is 14.0. The lowest BCUT2D eigenvalue weighted by Crippen LogP contribution is -2.38. The van der Waals surface area contributed by atoms with Gasteiger partial charge in [0, 0.05) is 18.2 Å². The van der Waals surface area contributed by atoms with Crippen LogP contribution in [-0.4, -0.2) is 26.9 Å². The molecule has 1 amide bonds. The normalized spacial score (nSPS) is 16.2. The first-order valence-corrected chi connectivity index (χ1v) is 7.53. The van der Waals surface area contributed by atoms with Gasteiger partial charge in [-0.1, -0.05) is 0 Å². The van der Waals surface area contributed by atoms with Crippen molar-refractivity contribution in [2.45, 2.75) is 23.8 Å². The van der Waals surface area contributed by atoms with Gasteiger partial charge in [0.15, 0.2) is 0 Å². The van der Waals surface area contributed by atoms with Crippen LogP contribution in [0.2, 0.25) is 0 Å². The third kappa shape index (κ3) is 4.17. The molecule has 0 saturated heterocycles. The lowest BCUT2D eigenvalue weighted by molar-refractivity contribution is 0.1000. The van der Waals surface area contributed by atoms with Gasteiger partial charge in [-0.3, -0.25) is 4.79 Å². The molecule has 1 aromatic carbocycles. The van der Waals surface area contributed by atoms with Crippen molar-refractivity contribution in [3.8, 4) is 0 Å². The number of nitrogens with two attached hydrogens (primary N) is 2. The third-order valence-corrected chi connectivity index (χ3v) is 4.63. The number of benzene rings is 1. The first-order chi connectivity index (χ1) is 8.90. The molecule has 0 radical (unpaired) electrons. The largest absolute Gasteiger partial charge is 0.366 e. The Morgan fingerprint density at radius 1 is 1.30 bits per heavy atom. The summed E-state index contributed by atoms with van der Waals surface area (Å²) in [5.41, 5.74) is 11.2. The maximum atomic E-state index is 12.0. The number of hydrogen-bond donors (Lipinski definition) is 3. The van der Waals surface area contributed by atoms with Gasteiger partial charge in [-0.2, -0.15) is 0 Å². The van der Waals surface area contributed by atoms with Gasteiger partial charge < -0.3 is 11.5 Å². The van der Waals surface area contributed by atoms with Gasteiger partial charge in [-0.25, -0.2) is 13.1 Å². The molecule has 1 atom stereocenters. The second kappa shape index (κ2) is 6.53. The minimum atomic E-state index is -3.59. The fourth-order valence-electron chi connectivity index (χ4n) is 1.78. The van der Waals surface area contributed by atoms with Crippen LogP contribution in [0, 0.1) is 5.92 Å². The molecule has 0 bridgehead atoms. The molecule has 1 fully saturated rings. The Hall–Kier alpha value is -1.15. The molecule has 112 valence electrons. The van der Waals surface area contributed by atoms with Crippen LogP contribution in [0.4, 0.5) is 0 Å². The maximum Gasteiger partial charge on any atom is 0.248 e. The quantitative estimate of drug-likeness (QED) is 0.695. The zero-order valence-electron chi connectivity index (χ0n) is 10.8. The summed E-state index contributed by atoms with van der Waals surface area (Å²) in [5.74, 6) is -0.160. The average molecular weight is 320 g/mol. The second-order valence-electron chi connectivity index (χ2n) is 4.74. The first-order valence-electron chi connectivity index (χ1n) is 6.05. The van der Waals surface area contributed by atoms with E-state index in [2.05, 4.69) is 4.72 Å². The first kappa shape index (κ1) is 16.9. The minimum Gasteiger partial charge on any atom is -0.366 e. The third-order valence-electron chi connectivity index (χ3n) is 3.19. The molecule has 0 spiro atoms. The number of primary amides is 1. The number of carbonyl (C=O) groups is 1. The Kier molecular flexibility index (Phi) is 5.52. The standard InChI is InChI=1S/C12H17N3O3S.ClH/c13-11(8-1-2-8)7-15-19(17,18)10-5-3-9(4-6-10)12(14)16;/h3-6,8,11,15H,1-2,7,13H2,(H2,14,16);1H. The summed E-state index contributed by atoms with van der Waals surface area (Å²) in [6, 6.07) is 5.34. The number of hydrogen-bond acceptors (Lipinski definition) is 4. The van der Waals surface area contributed by atoms with E-state index < -0.39 is 15.9 Å². The number of halogens is 1. The Bertz CT molecular complexity index is 570. The van der Waals surface area contributed by atoms with Gasteiger partial charge >= 0.3 is 0 Å². The summed E-state index contributed by atoms with van der Waals surface area (Å²) in [6.07, 6.45) is 2.13. The van der Waals surface area contributed by atoms with Gasteiger partial charge in [0.1, 0.15) is 0 Å². The molecule has 5 N–H and O–H groups in total. The summed E-state index contributed by atoms with van der Waals surface area (Å²) in [7, 11) is -3.59. The number of nitrogens with one attached hydrogen (secondary N) is 1. The Morgan fingerprint density at radius 3 is 2.30 bits per heavy atom. The van der Waals surface area contributed by atoms with Gasteiger partial charge in [-0.15, -0.1) is 12.4 Å². The van der Waals surface area contributed by atoms with Crippen LogP contribution < -0.4 is 16.2 Å². The number of amides is 1. The van der Waals surface area contributed by atoms with Crippen molar-refractivity contribution in [3.05, 3.63) is 29.8 Å². The van der Waals surface area contributed by atoms with Crippen LogP contribution >= 0.6 is 12.4 Å². The van der Waals surface area contributed by atoms with E-state index in [4.69, 9.17) is 11.5 Å². The molecule has 8 heteroatoms. The van der Waals surface area contributed by atoms with Crippen molar-refractivity contribution in [3.63, 3.8) is 0 Å². The molecule has 20 heavy (non-hydrogen) atoms. The highest BCUT2D eigenvalue weighted by molar-refractivity contribution is 7.89. The monoisotopic (exact) mass is 319 g/mol. The highest BCUT2D eigenvalue weighted by Crippen LogP contribution is 2.31. The van der Waals surface area contributed by atoms with Crippen molar-refractivity contribution in [1.29, 1.82) is 0 Å². The summed E-state index contributed by atoms with van der Waals surface area (Å²) < 4.78 is 26.4. The smallest absolute Gasteiger partial charge is 0.248 e. The molecular weight excluding hydrogens is 302 g/mol. The van der Waals surface area contributed by atoms with Gasteiger partial charge in [0.2, 0.25) is 15.9 Å². The number of rotatable bonds is 6. The van der Waals surface area contributed by atoms with E-state index in [1.54, 1.807) is 0 Å². The second-order valence-corrected chi connectivity index (χ2v) is 6.51. The minimum absolute atomic E-state index is 0. The maximum absolute atomic E-state index is 12.0. The van der Waals surface area contributed by atoms with Crippen molar-refractivity contribution < 1.29 is 13.2 Å². The van der Waals surface area contributed by atoms with Crippen molar-refractivity contribution in [2.24, 2.45) is 17.4 Å². The summed E-state index contributed by atoms with van der Waals surface area (Å²) in [6.45, 7) is 0.227. The molecule has 0 heterocycles. The fraction of sp³-hybridized carbons (Fsp3) is 0.417. The van der Waals surface area contributed by atoms with Gasteiger partial charge in [0.05, 0.1) is 4.90 Å². The van der Waals surface area contributed by atoms with E-state index in [-0.39, 0.29) is 35.5 Å². The molecule has 1 aromatic rings. The van der Waals surface area contributed by atoms with Crippen LogP contribution in [0.15, 0.2) is 29.2 Å². The van der Waals surface area contributed by atoms with E-state index in [1.807, 2.05) is 0 Å². The molecule has 6 nitrogen and oxygen atoms in total. The molecule has 0 aromatic heterocycles. The zero-order valence-corrected chi connectivity index (χ0v) is 12.4. The van der Waals surface area contributed by atoms with E-state index in [0.717, 1.165) is 12.8 Å². The molecule has 1 saturated carbocycles. The molecule has 1 aliphatic rings. The average Bonchev–Trinajstić information content (AvgIpc) is 3.20. The van der Waals surface area contributed by atoms with Crippen molar-refractivity contribution >= 4 is 28.3 Å². The van der Waals surface area contributed by atoms with Crippen LogP contribution in [-0.2, 0) is 10.0 Å². The Labute approximate surface area is 124 Å². The Balaban J connectivity index is 0.00000200. The predicted octanol–water partition coefficient (Wildman–Crippen LogP) is 0.223. The van der Waals surface area contributed by atoms with Gasteiger partial charge in [0.25, 0.3) is 0 Å². The topological polar surface area (TPSA) is 115 Å². The highest BCUT2D eigenvalue weighted by atomic mass is 35.5. The van der Waals surface area contributed by atoms with E-state index in [0.29, 0.717) is 5.92 Å². The molecule has 2 rings (SSSR count). The van der Waals surface area contributed by atoms with E-state index in [1.165, 1.54) is 24.3 Å². The molecular formula is C12H18ClN3O3S. The SMILES string of the molecule is Cl.NC(=O)c1ccc(S(=O)(=O)NCC(N)C2CC2)cc1. The van der Waals surface area contributed by atoms with Crippen LogP contribution in [0.5, 0.6) is 0 Å². The summed E-state index contributed by atoms with van der Waals surface area (Å²) in [4.78, 5) is 11.0. The Morgan fingerprint density at radius 2 is 1.85 bits per heavy atom. The molecule has 0 aliphatic heterocycles. The highest BCUT2D eigenvalue weighted by Gasteiger charge is 2.29. The van der Waals surface area contributed by atoms with Crippen molar-refractivity contribution in [2.75, 3.05) is 6.54 Å². The number of sulfonamides is 1. The fourth-order valence-corrected chi connectivity index (χ4v) is 2.85. The van der Waals surface area contributed by atoms with E-state index >= 15 is 0 Å².